The first kappa shape index (κ1) is 22.3. The van der Waals surface area contributed by atoms with Crippen LogP contribution in [0.15, 0.2) is 16.7 Å². The number of nitrogens with zero attached hydrogens (tertiary/aromatic N) is 3. The monoisotopic (exact) mass is 430 g/mol. The highest BCUT2D eigenvalue weighted by atomic mass is 19.1. The molecule has 9 nitrogen and oxygen atoms in total. The molecule has 0 spiro atoms. The Morgan fingerprint density at radius 3 is 2.58 bits per heavy atom. The van der Waals surface area contributed by atoms with Gasteiger partial charge in [0.05, 0.1) is 17.3 Å². The van der Waals surface area contributed by atoms with Gasteiger partial charge in [0, 0.05) is 12.1 Å². The van der Waals surface area contributed by atoms with E-state index >= 15 is 0 Å². The minimum atomic E-state index is -0.655. The van der Waals surface area contributed by atoms with Gasteiger partial charge in [-0.1, -0.05) is 18.0 Å². The molecule has 0 unspecified atom stereocenters. The average molecular weight is 430 g/mol. The van der Waals surface area contributed by atoms with Crippen molar-refractivity contribution < 1.29 is 18.4 Å². The number of anilines is 3. The number of alkyl carbamates (subject to hydrolysis) is 1. The van der Waals surface area contributed by atoms with E-state index in [4.69, 9.17) is 9.26 Å². The number of carbonyl (C=O) groups is 1. The van der Waals surface area contributed by atoms with E-state index in [1.807, 2.05) is 6.07 Å². The molecular weight excluding hydrogens is 403 g/mol. The molecule has 0 aliphatic heterocycles. The number of hydrogen-bond donors (Lipinski definition) is 3. The summed E-state index contributed by atoms with van der Waals surface area (Å²) in [6.45, 7) is 7.14. The van der Waals surface area contributed by atoms with Gasteiger partial charge in [-0.15, -0.1) is 0 Å². The van der Waals surface area contributed by atoms with Crippen LogP contribution in [-0.2, 0) is 4.74 Å². The van der Waals surface area contributed by atoms with Crippen LogP contribution >= 0.6 is 0 Å². The fourth-order valence-corrected chi connectivity index (χ4v) is 3.42. The molecule has 1 aliphatic rings. The molecule has 1 saturated carbocycles. The van der Waals surface area contributed by atoms with Crippen LogP contribution in [0.4, 0.5) is 26.7 Å². The number of pyridine rings is 1. The minimum Gasteiger partial charge on any atom is -0.444 e. The lowest BCUT2D eigenvalue weighted by Gasteiger charge is -2.33. The summed E-state index contributed by atoms with van der Waals surface area (Å²) in [7, 11) is 0. The number of nitriles is 1. The smallest absolute Gasteiger partial charge is 0.407 e. The first-order valence-corrected chi connectivity index (χ1v) is 10.2. The summed E-state index contributed by atoms with van der Waals surface area (Å²) < 4.78 is 25.1. The highest BCUT2D eigenvalue weighted by molar-refractivity contribution is 5.68. The molecule has 31 heavy (non-hydrogen) atoms. The number of amides is 1. The second-order valence-electron chi connectivity index (χ2n) is 8.57. The van der Waals surface area contributed by atoms with Crippen molar-refractivity contribution in [1.82, 2.24) is 15.5 Å². The van der Waals surface area contributed by atoms with Gasteiger partial charge in [-0.25, -0.2) is 14.2 Å². The van der Waals surface area contributed by atoms with Crippen LogP contribution < -0.4 is 16.0 Å². The van der Waals surface area contributed by atoms with Crippen LogP contribution in [-0.4, -0.2) is 33.9 Å². The minimum absolute atomic E-state index is 0.0133. The van der Waals surface area contributed by atoms with E-state index < -0.39 is 17.5 Å². The van der Waals surface area contributed by atoms with E-state index in [-0.39, 0.29) is 29.3 Å². The van der Waals surface area contributed by atoms with E-state index in [1.165, 1.54) is 0 Å². The molecule has 0 radical (unpaired) electrons. The van der Waals surface area contributed by atoms with E-state index in [1.54, 1.807) is 33.8 Å². The Balaban J connectivity index is 1.78. The molecule has 1 aliphatic carbocycles. The summed E-state index contributed by atoms with van der Waals surface area (Å²) >= 11 is 0. The number of hydrogen-bond acceptors (Lipinski definition) is 8. The summed E-state index contributed by atoms with van der Waals surface area (Å²) in [5.74, 6) is -0.228. The standard InChI is InChI=1S/C21H27FN6O3/c1-12-9-17(31-28-12)26-18-13(11-23)10-14(22)19(27-18)24-15-7-5-6-8-16(15)25-20(29)30-21(2,3)4/h9-10,15-16H,5-8H2,1-4H3,(H,25,29)(H2,24,26,27)/t15-,16+/m1/s1. The molecule has 0 saturated heterocycles. The third kappa shape index (κ3) is 6.07. The van der Waals surface area contributed by atoms with Crippen molar-refractivity contribution in [2.24, 2.45) is 0 Å². The van der Waals surface area contributed by atoms with Gasteiger partial charge in [0.1, 0.15) is 11.7 Å². The molecule has 0 bridgehead atoms. The summed E-state index contributed by atoms with van der Waals surface area (Å²) in [6, 6.07) is 4.19. The second-order valence-corrected chi connectivity index (χ2v) is 8.57. The van der Waals surface area contributed by atoms with E-state index in [0.29, 0.717) is 11.6 Å². The molecule has 0 aromatic carbocycles. The van der Waals surface area contributed by atoms with Crippen LogP contribution in [0.25, 0.3) is 0 Å². The largest absolute Gasteiger partial charge is 0.444 e. The predicted octanol–water partition coefficient (Wildman–Crippen LogP) is 4.38. The van der Waals surface area contributed by atoms with Gasteiger partial charge in [0.2, 0.25) is 5.88 Å². The van der Waals surface area contributed by atoms with Gasteiger partial charge in [0.25, 0.3) is 0 Å². The zero-order chi connectivity index (χ0) is 22.6. The summed E-state index contributed by atoms with van der Waals surface area (Å²) in [5.41, 5.74) is 0.0751. The highest BCUT2D eigenvalue weighted by Gasteiger charge is 2.29. The van der Waals surface area contributed by atoms with Gasteiger partial charge < -0.3 is 25.2 Å². The Labute approximate surface area is 180 Å². The third-order valence-electron chi connectivity index (χ3n) is 4.76. The van der Waals surface area contributed by atoms with Crippen LogP contribution in [0.3, 0.4) is 0 Å². The van der Waals surface area contributed by atoms with E-state index in [0.717, 1.165) is 31.7 Å². The van der Waals surface area contributed by atoms with Crippen LogP contribution in [0.2, 0.25) is 0 Å². The van der Waals surface area contributed by atoms with Gasteiger partial charge >= 0.3 is 6.09 Å². The lowest BCUT2D eigenvalue weighted by atomic mass is 9.90. The van der Waals surface area contributed by atoms with Gasteiger partial charge in [0.15, 0.2) is 17.5 Å². The van der Waals surface area contributed by atoms with Crippen molar-refractivity contribution in [3.8, 4) is 6.07 Å². The molecular formula is C21H27FN6O3. The van der Waals surface area contributed by atoms with Crippen LogP contribution in [0, 0.1) is 24.1 Å². The summed E-state index contributed by atoms with van der Waals surface area (Å²) in [4.78, 5) is 16.5. The number of ether oxygens (including phenoxy) is 1. The summed E-state index contributed by atoms with van der Waals surface area (Å²) in [5, 5.41) is 22.0. The van der Waals surface area contributed by atoms with E-state index in [9.17, 15) is 14.4 Å². The van der Waals surface area contributed by atoms with Crippen molar-refractivity contribution in [1.29, 1.82) is 5.26 Å². The molecule has 166 valence electrons. The van der Waals surface area contributed by atoms with Crippen LogP contribution in [0.1, 0.15) is 57.7 Å². The maximum atomic E-state index is 14.7. The maximum Gasteiger partial charge on any atom is 0.407 e. The molecule has 2 atom stereocenters. The number of aromatic nitrogens is 2. The first-order valence-electron chi connectivity index (χ1n) is 10.2. The number of aryl methyl sites for hydroxylation is 1. The zero-order valence-corrected chi connectivity index (χ0v) is 18.1. The number of halogens is 1. The van der Waals surface area contributed by atoms with Gasteiger partial charge in [-0.05, 0) is 46.6 Å². The highest BCUT2D eigenvalue weighted by Crippen LogP contribution is 2.27. The maximum absolute atomic E-state index is 14.7. The Morgan fingerprint density at radius 2 is 1.97 bits per heavy atom. The van der Waals surface area contributed by atoms with Crippen molar-refractivity contribution in [2.75, 3.05) is 10.6 Å². The van der Waals surface area contributed by atoms with Crippen LogP contribution in [0.5, 0.6) is 0 Å². The van der Waals surface area contributed by atoms with Crippen molar-refractivity contribution >= 4 is 23.6 Å². The third-order valence-corrected chi connectivity index (χ3v) is 4.76. The molecule has 2 aromatic rings. The molecule has 1 amide bonds. The Hall–Kier alpha value is -3.35. The van der Waals surface area contributed by atoms with Crippen molar-refractivity contribution in [3.63, 3.8) is 0 Å². The topological polar surface area (TPSA) is 125 Å². The Morgan fingerprint density at radius 1 is 1.26 bits per heavy atom. The summed E-state index contributed by atoms with van der Waals surface area (Å²) in [6.07, 6.45) is 2.83. The number of carbonyl (C=O) groups excluding carboxylic acids is 1. The van der Waals surface area contributed by atoms with Gasteiger partial charge in [-0.3, -0.25) is 0 Å². The fourth-order valence-electron chi connectivity index (χ4n) is 3.42. The lowest BCUT2D eigenvalue weighted by Crippen LogP contribution is -2.50. The molecule has 2 aromatic heterocycles. The predicted molar refractivity (Wildman–Crippen MR) is 112 cm³/mol. The normalized spacial score (nSPS) is 18.7. The molecule has 2 heterocycles. The Bertz CT molecular complexity index is 978. The average Bonchev–Trinajstić information content (AvgIpc) is 3.09. The number of rotatable bonds is 5. The molecule has 1 fully saturated rings. The second kappa shape index (κ2) is 9.20. The van der Waals surface area contributed by atoms with E-state index in [2.05, 4.69) is 26.1 Å². The SMILES string of the molecule is Cc1cc(Nc2nc(N[C@@H]3CCCC[C@@H]3NC(=O)OC(C)(C)C)c(F)cc2C#N)on1. The van der Waals surface area contributed by atoms with Gasteiger partial charge in [-0.2, -0.15) is 5.26 Å². The quantitative estimate of drug-likeness (QED) is 0.638. The fraction of sp³-hybridized carbons (Fsp3) is 0.524. The molecule has 3 rings (SSSR count). The molecule has 10 heteroatoms. The van der Waals surface area contributed by atoms with Crippen molar-refractivity contribution in [2.45, 2.75) is 71.1 Å². The lowest BCUT2D eigenvalue weighted by molar-refractivity contribution is 0.0488. The Kier molecular flexibility index (Phi) is 6.63. The molecule has 3 N–H and O–H groups in total. The zero-order valence-electron chi connectivity index (χ0n) is 18.1. The van der Waals surface area contributed by atoms with Crippen molar-refractivity contribution in [3.05, 3.63) is 29.2 Å². The number of nitrogens with one attached hydrogen (secondary N) is 3. The first-order chi connectivity index (χ1) is 14.6.